The van der Waals surface area contributed by atoms with E-state index in [9.17, 15) is 20.0 Å². The average molecular weight is 583 g/mol. The molecule has 0 unspecified atom stereocenters. The molecule has 0 spiro atoms. The minimum absolute atomic E-state index is 0.0185. The van der Waals surface area contributed by atoms with Crippen LogP contribution in [0.5, 0.6) is 0 Å². The molecule has 0 atom stereocenters. The summed E-state index contributed by atoms with van der Waals surface area (Å²) in [5.74, 6) is -0.843. The van der Waals surface area contributed by atoms with E-state index in [1.54, 1.807) is 11.3 Å². The third kappa shape index (κ3) is 5.62. The zero-order valence-corrected chi connectivity index (χ0v) is 25.3. The average Bonchev–Trinajstić information content (AvgIpc) is 3.39. The molecule has 216 valence electrons. The second kappa shape index (κ2) is 11.6. The number of rotatable bonds is 9. The molecule has 0 bridgehead atoms. The minimum atomic E-state index is -0.843. The fourth-order valence-electron chi connectivity index (χ4n) is 6.31. The summed E-state index contributed by atoms with van der Waals surface area (Å²) >= 11 is 1.61. The van der Waals surface area contributed by atoms with E-state index in [4.69, 9.17) is 4.74 Å². The highest BCUT2D eigenvalue weighted by molar-refractivity contribution is 7.18. The number of carbonyl (C=O) groups excluding carboxylic acids is 1. The molecule has 2 heterocycles. The van der Waals surface area contributed by atoms with Crippen molar-refractivity contribution in [2.24, 2.45) is 5.41 Å². The number of hydrogen-bond donors (Lipinski definition) is 1. The summed E-state index contributed by atoms with van der Waals surface area (Å²) in [5.41, 5.74) is 6.53. The van der Waals surface area contributed by atoms with Gasteiger partial charge in [-0.1, -0.05) is 69.4 Å². The molecule has 42 heavy (non-hydrogen) atoms. The minimum Gasteiger partial charge on any atom is -0.481 e. The molecule has 3 aromatic rings. The van der Waals surface area contributed by atoms with Crippen molar-refractivity contribution in [2.75, 3.05) is 18.1 Å². The van der Waals surface area contributed by atoms with Gasteiger partial charge in [-0.05, 0) is 53.2 Å². The van der Waals surface area contributed by atoms with Gasteiger partial charge in [-0.15, -0.1) is 0 Å². The summed E-state index contributed by atoms with van der Waals surface area (Å²) in [6.45, 7) is 10.4. The Labute approximate surface area is 250 Å². The molecule has 0 fully saturated rings. The van der Waals surface area contributed by atoms with Crippen molar-refractivity contribution in [2.45, 2.75) is 58.9 Å². The van der Waals surface area contributed by atoms with Crippen molar-refractivity contribution < 1.29 is 24.0 Å². The molecule has 0 saturated carbocycles. The number of allylic oxidation sites excluding steroid dienone is 5. The maximum Gasteiger partial charge on any atom is 0.309 e. The van der Waals surface area contributed by atoms with E-state index < -0.39 is 5.97 Å². The van der Waals surface area contributed by atoms with Gasteiger partial charge in [-0.3, -0.25) is 9.59 Å². The lowest BCUT2D eigenvalue weighted by Gasteiger charge is -2.34. The Morgan fingerprint density at radius 1 is 1.12 bits per heavy atom. The Hall–Kier alpha value is -4.22. The number of aliphatic carboxylic acids is 1. The van der Waals surface area contributed by atoms with Crippen LogP contribution < -0.4 is 9.47 Å². The maximum absolute atomic E-state index is 11.5. The Morgan fingerprint density at radius 2 is 1.86 bits per heavy atom. The number of carboxylic acid groups (broad SMARTS) is 1. The molecule has 0 amide bonds. The van der Waals surface area contributed by atoms with Crippen LogP contribution in [0.4, 0.5) is 5.69 Å². The van der Waals surface area contributed by atoms with Gasteiger partial charge in [-0.25, -0.2) is 0 Å². The molecule has 1 aliphatic carbocycles. The first-order valence-electron chi connectivity index (χ1n) is 14.2. The number of ether oxygens (including phenoxy) is 1. The van der Waals surface area contributed by atoms with Gasteiger partial charge in [0.25, 0.3) is 11.5 Å². The van der Waals surface area contributed by atoms with Gasteiger partial charge in [0, 0.05) is 28.9 Å². The van der Waals surface area contributed by atoms with Crippen LogP contribution >= 0.6 is 11.3 Å². The van der Waals surface area contributed by atoms with Gasteiger partial charge in [0.05, 0.1) is 18.2 Å². The highest BCUT2D eigenvalue weighted by Gasteiger charge is 2.41. The van der Waals surface area contributed by atoms with E-state index in [1.807, 2.05) is 36.4 Å². The number of carboxylic acids is 1. The second-order valence-electron chi connectivity index (χ2n) is 12.2. The molecule has 0 radical (unpaired) electrons. The lowest BCUT2D eigenvalue weighted by molar-refractivity contribution is -0.667. The van der Waals surface area contributed by atoms with Crippen LogP contribution in [0, 0.1) is 16.7 Å². The molecule has 1 aliphatic heterocycles. The first-order chi connectivity index (χ1) is 20.1. The molecular formula is C34H36N3O4S+. The molecule has 0 saturated heterocycles. The molecule has 2 aromatic carbocycles. The van der Waals surface area contributed by atoms with E-state index in [0.717, 1.165) is 50.6 Å². The van der Waals surface area contributed by atoms with Gasteiger partial charge in [0.15, 0.2) is 6.54 Å². The Bertz CT molecular complexity index is 1690. The van der Waals surface area contributed by atoms with Crippen molar-refractivity contribution in [3.8, 4) is 6.07 Å². The summed E-state index contributed by atoms with van der Waals surface area (Å²) < 4.78 is 8.22. The Morgan fingerprint density at radius 3 is 2.60 bits per heavy atom. The third-order valence-electron chi connectivity index (χ3n) is 8.19. The number of anilines is 1. The summed E-state index contributed by atoms with van der Waals surface area (Å²) in [4.78, 5) is 24.6. The van der Waals surface area contributed by atoms with Crippen molar-refractivity contribution in [1.82, 2.24) is 0 Å². The highest BCUT2D eigenvalue weighted by atomic mass is 32.1. The fraction of sp³-hybridized carbons (Fsp3) is 0.353. The van der Waals surface area contributed by atoms with Crippen LogP contribution in [-0.2, 0) is 26.3 Å². The number of fused-ring (bicyclic) bond motifs is 2. The highest BCUT2D eigenvalue weighted by Crippen LogP contribution is 2.50. The van der Waals surface area contributed by atoms with E-state index in [0.29, 0.717) is 25.1 Å². The SMILES string of the molecule is CC1(C)CC(/C=C2/N(CCOC=O)c3ccccc3C2(C)C)=C(C#N)C(=C/c2sc3ccccc3[n+]2CCC(=O)O)/C1. The number of thiazole rings is 1. The number of benzene rings is 2. The van der Waals surface area contributed by atoms with Crippen molar-refractivity contribution in [1.29, 1.82) is 5.26 Å². The van der Waals surface area contributed by atoms with Crippen LogP contribution in [-0.4, -0.2) is 30.7 Å². The number of nitriles is 1. The Kier molecular flexibility index (Phi) is 8.07. The molecule has 8 heteroatoms. The number of carbonyl (C=O) groups is 2. The first-order valence-corrected chi connectivity index (χ1v) is 15.0. The maximum atomic E-state index is 11.5. The van der Waals surface area contributed by atoms with Gasteiger partial charge in [0.1, 0.15) is 17.7 Å². The van der Waals surface area contributed by atoms with Gasteiger partial charge < -0.3 is 14.7 Å². The summed E-state index contributed by atoms with van der Waals surface area (Å²) in [5, 5.41) is 20.9. The molecule has 1 N–H and O–H groups in total. The predicted octanol–water partition coefficient (Wildman–Crippen LogP) is 6.54. The zero-order valence-electron chi connectivity index (χ0n) is 24.5. The fourth-order valence-corrected chi connectivity index (χ4v) is 7.47. The van der Waals surface area contributed by atoms with E-state index >= 15 is 0 Å². The van der Waals surface area contributed by atoms with Crippen LogP contribution in [0.2, 0.25) is 0 Å². The summed E-state index contributed by atoms with van der Waals surface area (Å²) in [6, 6.07) is 18.8. The van der Waals surface area contributed by atoms with E-state index in [-0.39, 0.29) is 23.9 Å². The smallest absolute Gasteiger partial charge is 0.309 e. The molecule has 5 rings (SSSR count). The number of aromatic nitrogens is 1. The van der Waals surface area contributed by atoms with Crippen molar-refractivity contribution in [3.05, 3.63) is 87.6 Å². The monoisotopic (exact) mass is 582 g/mol. The number of hydrogen-bond acceptors (Lipinski definition) is 6. The number of para-hydroxylation sites is 2. The summed E-state index contributed by atoms with van der Waals surface area (Å²) in [7, 11) is 0. The molecule has 7 nitrogen and oxygen atoms in total. The van der Waals surface area contributed by atoms with Crippen LogP contribution in [0.3, 0.4) is 0 Å². The topological polar surface area (TPSA) is 94.5 Å². The van der Waals surface area contributed by atoms with Crippen molar-refractivity contribution >= 4 is 45.8 Å². The second-order valence-corrected chi connectivity index (χ2v) is 13.3. The lowest BCUT2D eigenvalue weighted by atomic mass is 9.71. The zero-order chi connectivity index (χ0) is 30.1. The van der Waals surface area contributed by atoms with Crippen LogP contribution in [0.1, 0.15) is 57.5 Å². The van der Waals surface area contributed by atoms with Gasteiger partial charge >= 0.3 is 5.97 Å². The number of nitrogens with zero attached hydrogens (tertiary/aromatic N) is 3. The molecule has 2 aliphatic rings. The molecule has 1 aromatic heterocycles. The third-order valence-corrected chi connectivity index (χ3v) is 9.30. The first kappa shape index (κ1) is 29.3. The Balaban J connectivity index is 1.65. The van der Waals surface area contributed by atoms with E-state index in [2.05, 4.69) is 67.5 Å². The van der Waals surface area contributed by atoms with Gasteiger partial charge in [-0.2, -0.15) is 9.83 Å². The number of aryl methyl sites for hydroxylation is 1. The molecular weight excluding hydrogens is 546 g/mol. The van der Waals surface area contributed by atoms with Crippen LogP contribution in [0.25, 0.3) is 16.3 Å². The van der Waals surface area contributed by atoms with Crippen LogP contribution in [0.15, 0.2) is 77.0 Å². The van der Waals surface area contributed by atoms with Gasteiger partial charge in [0.2, 0.25) is 5.52 Å². The quantitative estimate of drug-likeness (QED) is 0.175. The lowest BCUT2D eigenvalue weighted by Crippen LogP contribution is -2.36. The van der Waals surface area contributed by atoms with Crippen molar-refractivity contribution in [3.63, 3.8) is 0 Å². The predicted molar refractivity (Wildman–Crippen MR) is 165 cm³/mol. The van der Waals surface area contributed by atoms with E-state index in [1.165, 1.54) is 5.56 Å². The standard InChI is InChI=1S/C34H35N3O4S/c1-33(2)19-23(17-30-34(3,4)26-9-5-6-10-27(26)36(30)15-16-41-22-38)25(21-35)24(20-33)18-31-37(14-13-32(39)40)28-11-7-8-12-29(28)42-31/h5-12,17-18,22H,13-16,19-20H2,1-4H3/p+1. The normalized spacial score (nSPS) is 19.3. The summed E-state index contributed by atoms with van der Waals surface area (Å²) in [6.07, 6.45) is 5.76. The largest absolute Gasteiger partial charge is 0.481 e.